The van der Waals surface area contributed by atoms with Crippen LogP contribution >= 0.6 is 0 Å². The van der Waals surface area contributed by atoms with E-state index in [1.54, 1.807) is 20.2 Å². The van der Waals surface area contributed by atoms with Crippen LogP contribution < -0.4 is 5.32 Å². The van der Waals surface area contributed by atoms with Gasteiger partial charge in [-0.25, -0.2) is 4.79 Å². The zero-order chi connectivity index (χ0) is 14.5. The minimum Gasteiger partial charge on any atom is -0.392 e. The molecule has 0 aliphatic carbocycles. The number of carbonyl (C=O) groups is 1. The van der Waals surface area contributed by atoms with Crippen LogP contribution in [-0.4, -0.2) is 40.7 Å². The average molecular weight is 273 g/mol. The van der Waals surface area contributed by atoms with Crippen LogP contribution in [-0.2, 0) is 6.54 Å². The van der Waals surface area contributed by atoms with Crippen LogP contribution in [0.1, 0.15) is 12.5 Å². The summed E-state index contributed by atoms with van der Waals surface area (Å²) < 4.78 is 0. The highest BCUT2D eigenvalue weighted by Crippen LogP contribution is 2.15. The molecular formula is C15H19N3O2. The van der Waals surface area contributed by atoms with E-state index < -0.39 is 6.10 Å². The smallest absolute Gasteiger partial charge is 0.317 e. The summed E-state index contributed by atoms with van der Waals surface area (Å²) in [6, 6.07) is 9.52. The van der Waals surface area contributed by atoms with Gasteiger partial charge in [-0.1, -0.05) is 18.2 Å². The summed E-state index contributed by atoms with van der Waals surface area (Å²) in [5.74, 6) is 0. The van der Waals surface area contributed by atoms with Gasteiger partial charge < -0.3 is 15.3 Å². The molecule has 0 saturated carbocycles. The number of benzene rings is 1. The number of hydrogen-bond acceptors (Lipinski definition) is 3. The summed E-state index contributed by atoms with van der Waals surface area (Å²) in [5, 5.41) is 13.1. The molecule has 0 bridgehead atoms. The normalized spacial score (nSPS) is 12.2. The molecule has 1 atom stereocenters. The summed E-state index contributed by atoms with van der Waals surface area (Å²) in [4.78, 5) is 17.6. The molecule has 1 aromatic carbocycles. The minimum atomic E-state index is -0.535. The Kier molecular flexibility index (Phi) is 4.53. The van der Waals surface area contributed by atoms with E-state index >= 15 is 0 Å². The molecule has 2 amide bonds. The highest BCUT2D eigenvalue weighted by atomic mass is 16.3. The first-order valence-electron chi connectivity index (χ1n) is 6.57. The Hall–Kier alpha value is -2.14. The second-order valence-electron chi connectivity index (χ2n) is 4.88. The van der Waals surface area contributed by atoms with Crippen LogP contribution in [0.15, 0.2) is 36.5 Å². The van der Waals surface area contributed by atoms with Crippen molar-refractivity contribution in [3.05, 3.63) is 42.1 Å². The maximum atomic E-state index is 11.9. The first-order chi connectivity index (χ1) is 9.58. The van der Waals surface area contributed by atoms with Crippen LogP contribution in [0.2, 0.25) is 0 Å². The second-order valence-corrected chi connectivity index (χ2v) is 4.88. The van der Waals surface area contributed by atoms with E-state index in [9.17, 15) is 9.90 Å². The highest BCUT2D eigenvalue weighted by molar-refractivity contribution is 5.82. The minimum absolute atomic E-state index is 0.202. The van der Waals surface area contributed by atoms with Gasteiger partial charge in [0.2, 0.25) is 0 Å². The summed E-state index contributed by atoms with van der Waals surface area (Å²) in [6.45, 7) is 2.40. The molecule has 2 rings (SSSR count). The van der Waals surface area contributed by atoms with Crippen molar-refractivity contribution < 1.29 is 9.90 Å². The number of aliphatic hydroxyl groups excluding tert-OH is 1. The molecule has 5 heteroatoms. The van der Waals surface area contributed by atoms with E-state index in [-0.39, 0.29) is 6.03 Å². The number of fused-ring (bicyclic) bond motifs is 1. The Labute approximate surface area is 118 Å². The van der Waals surface area contributed by atoms with Gasteiger partial charge in [0, 0.05) is 31.7 Å². The Bertz CT molecular complexity index is 593. The molecule has 1 aromatic heterocycles. The van der Waals surface area contributed by atoms with Gasteiger partial charge in [0.25, 0.3) is 0 Å². The fourth-order valence-corrected chi connectivity index (χ4v) is 2.09. The number of nitrogens with zero attached hydrogens (tertiary/aromatic N) is 2. The molecule has 1 heterocycles. The van der Waals surface area contributed by atoms with Gasteiger partial charge in [-0.2, -0.15) is 0 Å². The summed E-state index contributed by atoms with van der Waals surface area (Å²) in [7, 11) is 1.66. The Balaban J connectivity index is 2.04. The lowest BCUT2D eigenvalue weighted by atomic mass is 10.1. The number of hydrogen-bond donors (Lipinski definition) is 2. The third-order valence-electron chi connectivity index (χ3n) is 3.05. The number of amides is 2. The number of aliphatic hydroxyl groups is 1. The Morgan fingerprint density at radius 3 is 2.90 bits per heavy atom. The van der Waals surface area contributed by atoms with Gasteiger partial charge in [0.1, 0.15) is 0 Å². The zero-order valence-electron chi connectivity index (χ0n) is 11.7. The molecule has 5 nitrogen and oxygen atoms in total. The lowest BCUT2D eigenvalue weighted by Crippen LogP contribution is -2.40. The van der Waals surface area contributed by atoms with Crippen molar-refractivity contribution in [1.82, 2.24) is 15.2 Å². The van der Waals surface area contributed by atoms with E-state index in [1.807, 2.05) is 30.3 Å². The summed E-state index contributed by atoms with van der Waals surface area (Å²) >= 11 is 0. The van der Waals surface area contributed by atoms with Crippen molar-refractivity contribution in [2.24, 2.45) is 0 Å². The number of rotatable bonds is 4. The van der Waals surface area contributed by atoms with Crippen LogP contribution in [0.25, 0.3) is 10.9 Å². The quantitative estimate of drug-likeness (QED) is 0.892. The predicted octanol–water partition coefficient (Wildman–Crippen LogP) is 1.76. The molecule has 0 fully saturated rings. The molecule has 1 unspecified atom stereocenters. The maximum Gasteiger partial charge on any atom is 0.317 e. The molecule has 0 spiro atoms. The fraction of sp³-hybridized carbons (Fsp3) is 0.333. The Morgan fingerprint density at radius 2 is 2.15 bits per heavy atom. The highest BCUT2D eigenvalue weighted by Gasteiger charge is 2.10. The van der Waals surface area contributed by atoms with Crippen LogP contribution in [0.3, 0.4) is 0 Å². The lowest BCUT2D eigenvalue weighted by molar-refractivity contribution is 0.144. The zero-order valence-corrected chi connectivity index (χ0v) is 11.7. The number of likely N-dealkylation sites (N-methyl/N-ethyl adjacent to an activating group) is 1. The van der Waals surface area contributed by atoms with Crippen molar-refractivity contribution in [3.63, 3.8) is 0 Å². The number of aromatic nitrogens is 1. The molecule has 0 radical (unpaired) electrons. The maximum absolute atomic E-state index is 11.9. The van der Waals surface area contributed by atoms with Crippen molar-refractivity contribution in [1.29, 1.82) is 0 Å². The number of urea groups is 1. The average Bonchev–Trinajstić information content (AvgIpc) is 2.44. The third-order valence-corrected chi connectivity index (χ3v) is 3.05. The van der Waals surface area contributed by atoms with Gasteiger partial charge in [-0.15, -0.1) is 0 Å². The molecule has 0 aliphatic rings. The van der Waals surface area contributed by atoms with E-state index in [4.69, 9.17) is 0 Å². The van der Waals surface area contributed by atoms with Crippen molar-refractivity contribution in [2.45, 2.75) is 19.6 Å². The molecule has 106 valence electrons. The summed E-state index contributed by atoms with van der Waals surface area (Å²) in [5.41, 5.74) is 1.94. The van der Waals surface area contributed by atoms with E-state index in [1.165, 1.54) is 4.90 Å². The number of nitrogens with one attached hydrogen (secondary N) is 1. The van der Waals surface area contributed by atoms with Gasteiger partial charge in [0.05, 0.1) is 11.6 Å². The summed E-state index contributed by atoms with van der Waals surface area (Å²) in [6.07, 6.45) is 1.20. The van der Waals surface area contributed by atoms with E-state index in [0.717, 1.165) is 16.5 Å². The number of pyridine rings is 1. The van der Waals surface area contributed by atoms with E-state index in [2.05, 4.69) is 10.3 Å². The monoisotopic (exact) mass is 273 g/mol. The van der Waals surface area contributed by atoms with E-state index in [0.29, 0.717) is 13.1 Å². The van der Waals surface area contributed by atoms with Crippen molar-refractivity contribution in [3.8, 4) is 0 Å². The molecule has 20 heavy (non-hydrogen) atoms. The topological polar surface area (TPSA) is 65.5 Å². The SMILES string of the molecule is CC(O)CN(C)C(=O)NCc1ccnc2ccccc12. The van der Waals surface area contributed by atoms with Crippen LogP contribution in [0, 0.1) is 0 Å². The molecular weight excluding hydrogens is 254 g/mol. The predicted molar refractivity (Wildman–Crippen MR) is 78.3 cm³/mol. The largest absolute Gasteiger partial charge is 0.392 e. The van der Waals surface area contributed by atoms with Gasteiger partial charge >= 0.3 is 6.03 Å². The van der Waals surface area contributed by atoms with Gasteiger partial charge in [-0.05, 0) is 24.6 Å². The third kappa shape index (κ3) is 3.45. The standard InChI is InChI=1S/C15H19N3O2/c1-11(19)10-18(2)15(20)17-9-12-7-8-16-14-6-4-3-5-13(12)14/h3-8,11,19H,9-10H2,1-2H3,(H,17,20). The first-order valence-corrected chi connectivity index (χ1v) is 6.57. The first kappa shape index (κ1) is 14.3. The number of carbonyl (C=O) groups excluding carboxylic acids is 1. The second kappa shape index (κ2) is 6.34. The molecule has 2 N–H and O–H groups in total. The molecule has 0 saturated heterocycles. The Morgan fingerprint density at radius 1 is 1.40 bits per heavy atom. The van der Waals surface area contributed by atoms with Crippen molar-refractivity contribution >= 4 is 16.9 Å². The van der Waals surface area contributed by atoms with Crippen LogP contribution in [0.4, 0.5) is 4.79 Å². The van der Waals surface area contributed by atoms with Crippen LogP contribution in [0.5, 0.6) is 0 Å². The molecule has 0 aliphatic heterocycles. The van der Waals surface area contributed by atoms with Gasteiger partial charge in [-0.3, -0.25) is 4.98 Å². The number of para-hydroxylation sites is 1. The van der Waals surface area contributed by atoms with Crippen molar-refractivity contribution in [2.75, 3.05) is 13.6 Å². The fourth-order valence-electron chi connectivity index (χ4n) is 2.09. The van der Waals surface area contributed by atoms with Gasteiger partial charge in [0.15, 0.2) is 0 Å². The molecule has 2 aromatic rings. The lowest BCUT2D eigenvalue weighted by Gasteiger charge is -2.19.